The van der Waals surface area contributed by atoms with Crippen molar-refractivity contribution in [3.63, 3.8) is 0 Å². The molecule has 1 N–H and O–H groups in total. The Balaban J connectivity index is 1.95. The highest BCUT2D eigenvalue weighted by Gasteiger charge is 2.39. The van der Waals surface area contributed by atoms with Gasteiger partial charge in [-0.25, -0.2) is 0 Å². The minimum atomic E-state index is -0.577. The Hall–Kier alpha value is -0.610. The maximum atomic E-state index is 12.3. The maximum Gasteiger partial charge on any atom is 0.327 e. The van der Waals surface area contributed by atoms with Crippen LogP contribution in [0.5, 0.6) is 0 Å². The van der Waals surface area contributed by atoms with Crippen LogP contribution in [0.4, 0.5) is 0 Å². The molecule has 0 aromatic carbocycles. The minimum absolute atomic E-state index is 0.113. The summed E-state index contributed by atoms with van der Waals surface area (Å²) in [5.41, 5.74) is -0.577. The predicted octanol–water partition coefficient (Wildman–Crippen LogP) is 2.43. The molecule has 21 heavy (non-hydrogen) atoms. The second kappa shape index (κ2) is 7.59. The number of hydrogen-bond donors (Lipinski definition) is 1. The largest absolute Gasteiger partial charge is 0.465 e. The average Bonchev–Trinajstić information content (AvgIpc) is 2.47. The molecule has 0 amide bonds. The van der Waals surface area contributed by atoms with E-state index in [2.05, 4.69) is 10.2 Å². The average molecular weight is 296 g/mol. The number of carbonyl (C=O) groups excluding carboxylic acids is 1. The summed E-state index contributed by atoms with van der Waals surface area (Å²) < 4.78 is 5.28. The summed E-state index contributed by atoms with van der Waals surface area (Å²) in [6, 6.07) is 0. The lowest BCUT2D eigenvalue weighted by Crippen LogP contribution is -2.59. The molecule has 1 heterocycles. The number of fused-ring (bicyclic) bond motifs is 1. The molecule has 0 aromatic heterocycles. The first-order valence-corrected chi connectivity index (χ1v) is 8.73. The molecule has 3 atom stereocenters. The molecule has 0 bridgehead atoms. The van der Waals surface area contributed by atoms with Gasteiger partial charge in [-0.05, 0) is 51.6 Å². The zero-order chi connectivity index (χ0) is 15.3. The molecule has 2 aliphatic rings. The van der Waals surface area contributed by atoms with Gasteiger partial charge in [0.1, 0.15) is 5.54 Å². The molecular weight excluding hydrogens is 264 g/mol. The SMILES string of the molecule is CCNC(C)(CN1CCC2CCCCC2C1)C(=O)OCC. The summed E-state index contributed by atoms with van der Waals surface area (Å²) in [7, 11) is 0. The number of likely N-dealkylation sites (N-methyl/N-ethyl adjacent to an activating group) is 1. The van der Waals surface area contributed by atoms with Gasteiger partial charge in [0.25, 0.3) is 0 Å². The second-order valence-corrected chi connectivity index (χ2v) is 6.91. The van der Waals surface area contributed by atoms with E-state index in [4.69, 9.17) is 4.74 Å². The molecule has 4 nitrogen and oxygen atoms in total. The van der Waals surface area contributed by atoms with E-state index in [-0.39, 0.29) is 5.97 Å². The van der Waals surface area contributed by atoms with Crippen molar-refractivity contribution in [1.82, 2.24) is 10.2 Å². The Morgan fingerprint density at radius 2 is 1.95 bits per heavy atom. The van der Waals surface area contributed by atoms with Gasteiger partial charge in [-0.15, -0.1) is 0 Å². The molecule has 0 aromatic rings. The summed E-state index contributed by atoms with van der Waals surface area (Å²) in [4.78, 5) is 14.8. The summed E-state index contributed by atoms with van der Waals surface area (Å²) in [5, 5.41) is 3.35. The fraction of sp³-hybridized carbons (Fsp3) is 0.941. The summed E-state index contributed by atoms with van der Waals surface area (Å²) in [5.74, 6) is 1.67. The standard InChI is InChI=1S/C17H32N2O2/c1-4-18-17(3,16(20)21-5-2)13-19-11-10-14-8-6-7-9-15(14)12-19/h14-15,18H,4-13H2,1-3H3. The number of rotatable bonds is 6. The van der Waals surface area contributed by atoms with E-state index in [9.17, 15) is 4.79 Å². The van der Waals surface area contributed by atoms with Gasteiger partial charge in [-0.3, -0.25) is 4.79 Å². The third-order valence-corrected chi connectivity index (χ3v) is 5.21. The Kier molecular flexibility index (Phi) is 6.06. The van der Waals surface area contributed by atoms with Crippen LogP contribution in [0.3, 0.4) is 0 Å². The van der Waals surface area contributed by atoms with Crippen LogP contribution in [0.25, 0.3) is 0 Å². The van der Waals surface area contributed by atoms with Crippen molar-refractivity contribution >= 4 is 5.97 Å². The number of piperidine rings is 1. The molecule has 0 radical (unpaired) electrons. The molecule has 4 heteroatoms. The second-order valence-electron chi connectivity index (χ2n) is 6.91. The Labute approximate surface area is 129 Å². The van der Waals surface area contributed by atoms with Crippen LogP contribution < -0.4 is 5.32 Å². The van der Waals surface area contributed by atoms with E-state index < -0.39 is 5.54 Å². The van der Waals surface area contributed by atoms with Crippen LogP contribution in [-0.2, 0) is 9.53 Å². The zero-order valence-corrected chi connectivity index (χ0v) is 14.0. The van der Waals surface area contributed by atoms with Crippen molar-refractivity contribution in [2.75, 3.05) is 32.8 Å². The highest BCUT2D eigenvalue weighted by atomic mass is 16.5. The molecule has 1 saturated heterocycles. The molecule has 1 saturated carbocycles. The van der Waals surface area contributed by atoms with Crippen LogP contribution in [0, 0.1) is 11.8 Å². The number of likely N-dealkylation sites (tertiary alicyclic amines) is 1. The van der Waals surface area contributed by atoms with E-state index in [1.807, 2.05) is 20.8 Å². The molecule has 122 valence electrons. The predicted molar refractivity (Wildman–Crippen MR) is 85.2 cm³/mol. The first kappa shape index (κ1) is 16.8. The molecule has 1 aliphatic heterocycles. The van der Waals surface area contributed by atoms with Gasteiger partial charge in [0.05, 0.1) is 6.61 Å². The number of carbonyl (C=O) groups is 1. The number of hydrogen-bond acceptors (Lipinski definition) is 4. The molecule has 3 unspecified atom stereocenters. The normalized spacial score (nSPS) is 29.5. The van der Waals surface area contributed by atoms with E-state index in [0.717, 1.165) is 38.0 Å². The van der Waals surface area contributed by atoms with Crippen molar-refractivity contribution in [3.05, 3.63) is 0 Å². The van der Waals surface area contributed by atoms with Crippen molar-refractivity contribution in [2.45, 2.75) is 58.4 Å². The summed E-state index contributed by atoms with van der Waals surface area (Å²) in [6.07, 6.45) is 6.89. The van der Waals surface area contributed by atoms with Crippen LogP contribution in [0.1, 0.15) is 52.9 Å². The number of nitrogens with zero attached hydrogens (tertiary/aromatic N) is 1. The van der Waals surface area contributed by atoms with Crippen LogP contribution in [-0.4, -0.2) is 49.2 Å². The van der Waals surface area contributed by atoms with Gasteiger partial charge in [0, 0.05) is 13.1 Å². The first-order chi connectivity index (χ1) is 10.1. The van der Waals surface area contributed by atoms with Gasteiger partial charge < -0.3 is 15.0 Å². The van der Waals surface area contributed by atoms with Gasteiger partial charge in [0.15, 0.2) is 0 Å². The number of esters is 1. The highest BCUT2D eigenvalue weighted by Crippen LogP contribution is 2.36. The van der Waals surface area contributed by atoms with Crippen molar-refractivity contribution in [1.29, 1.82) is 0 Å². The lowest BCUT2D eigenvalue weighted by molar-refractivity contribution is -0.151. The molecule has 1 aliphatic carbocycles. The summed E-state index contributed by atoms with van der Waals surface area (Å²) in [6.45, 7) is 10.2. The molecule has 2 rings (SSSR count). The van der Waals surface area contributed by atoms with Crippen LogP contribution >= 0.6 is 0 Å². The van der Waals surface area contributed by atoms with E-state index in [0.29, 0.717) is 6.61 Å². The highest BCUT2D eigenvalue weighted by molar-refractivity contribution is 5.80. The Morgan fingerprint density at radius 1 is 1.24 bits per heavy atom. The van der Waals surface area contributed by atoms with E-state index >= 15 is 0 Å². The maximum absolute atomic E-state index is 12.3. The zero-order valence-electron chi connectivity index (χ0n) is 14.0. The van der Waals surface area contributed by atoms with Gasteiger partial charge >= 0.3 is 5.97 Å². The van der Waals surface area contributed by atoms with Crippen molar-refractivity contribution in [3.8, 4) is 0 Å². The van der Waals surface area contributed by atoms with Crippen LogP contribution in [0.2, 0.25) is 0 Å². The molecular formula is C17H32N2O2. The number of ether oxygens (including phenoxy) is 1. The van der Waals surface area contributed by atoms with E-state index in [1.54, 1.807) is 0 Å². The Morgan fingerprint density at radius 3 is 2.62 bits per heavy atom. The van der Waals surface area contributed by atoms with Gasteiger partial charge in [0.2, 0.25) is 0 Å². The van der Waals surface area contributed by atoms with Crippen molar-refractivity contribution in [2.24, 2.45) is 11.8 Å². The fourth-order valence-corrected chi connectivity index (χ4v) is 4.14. The fourth-order valence-electron chi connectivity index (χ4n) is 4.14. The lowest BCUT2D eigenvalue weighted by Gasteiger charge is -2.44. The van der Waals surface area contributed by atoms with Crippen LogP contribution in [0.15, 0.2) is 0 Å². The monoisotopic (exact) mass is 296 g/mol. The minimum Gasteiger partial charge on any atom is -0.465 e. The molecule has 0 spiro atoms. The van der Waals surface area contributed by atoms with Gasteiger partial charge in [-0.1, -0.05) is 26.2 Å². The van der Waals surface area contributed by atoms with E-state index in [1.165, 1.54) is 32.1 Å². The number of nitrogens with one attached hydrogen (secondary N) is 1. The Bertz CT molecular complexity index is 348. The lowest BCUT2D eigenvalue weighted by atomic mass is 9.75. The first-order valence-electron chi connectivity index (χ1n) is 8.73. The smallest absolute Gasteiger partial charge is 0.327 e. The molecule has 2 fully saturated rings. The van der Waals surface area contributed by atoms with Gasteiger partial charge in [-0.2, -0.15) is 0 Å². The topological polar surface area (TPSA) is 41.6 Å². The quantitative estimate of drug-likeness (QED) is 0.764. The van der Waals surface area contributed by atoms with Crippen molar-refractivity contribution < 1.29 is 9.53 Å². The summed E-state index contributed by atoms with van der Waals surface area (Å²) >= 11 is 0. The third kappa shape index (κ3) is 4.19. The third-order valence-electron chi connectivity index (χ3n) is 5.21.